The number of rotatable bonds is 0. The Hall–Kier alpha value is 0.440. The molecule has 0 aromatic heterocycles. The fraction of sp³-hybridized carbons (Fsp3) is 0.400. The predicted octanol–water partition coefficient (Wildman–Crippen LogP) is 8.09. The number of halogens is 4. The normalized spacial score (nSPS) is 12.8. The molecule has 1 aliphatic rings. The Morgan fingerprint density at radius 2 is 1.24 bits per heavy atom. The van der Waals surface area contributed by atoms with Crippen LogP contribution in [0.3, 0.4) is 0 Å². The lowest BCUT2D eigenvalue weighted by Gasteiger charge is -2.01. The second-order valence-corrected chi connectivity index (χ2v) is 6.83. The molecule has 1 saturated heterocycles. The van der Waals surface area contributed by atoms with Crippen LogP contribution in [0.25, 0.3) is 0 Å². The number of benzene rings is 2. The lowest BCUT2D eigenvalue weighted by atomic mass is 10.2. The van der Waals surface area contributed by atoms with Crippen molar-refractivity contribution >= 4 is 60.4 Å². The van der Waals surface area contributed by atoms with Crippen molar-refractivity contribution in [2.24, 2.45) is 0 Å². The molecule has 1 aliphatic heterocycles. The molecule has 3 rings (SSSR count). The van der Waals surface area contributed by atoms with Crippen LogP contribution >= 0.6 is 60.4 Å². The van der Waals surface area contributed by atoms with Gasteiger partial charge < -0.3 is 4.90 Å². The minimum atomic E-state index is 0.741. The molecule has 0 amide bonds. The van der Waals surface area contributed by atoms with Gasteiger partial charge in [-0.1, -0.05) is 59.1 Å². The zero-order chi connectivity index (χ0) is 19.2. The van der Waals surface area contributed by atoms with Gasteiger partial charge in [0, 0.05) is 47.3 Å². The highest BCUT2D eigenvalue weighted by atomic mass is 128. The van der Waals surface area contributed by atoms with Crippen LogP contribution in [0.15, 0.2) is 42.5 Å². The first-order valence-electron chi connectivity index (χ1n) is 8.17. The van der Waals surface area contributed by atoms with Gasteiger partial charge in [0.25, 0.3) is 0 Å². The van der Waals surface area contributed by atoms with Crippen LogP contribution < -0.4 is 0 Å². The molecular formula is C20H27Cl2I2N. The van der Waals surface area contributed by atoms with E-state index >= 15 is 0 Å². The lowest BCUT2D eigenvalue weighted by molar-refractivity contribution is 0.418. The number of aryl methyl sites for hydroxylation is 2. The maximum absolute atomic E-state index is 5.83. The largest absolute Gasteiger partial charge is 0.306 e. The van der Waals surface area contributed by atoms with E-state index in [4.69, 9.17) is 23.2 Å². The molecule has 0 spiro atoms. The topological polar surface area (TPSA) is 3.24 Å². The van der Waals surface area contributed by atoms with Crippen LogP contribution in [0.1, 0.15) is 29.5 Å². The van der Waals surface area contributed by atoms with E-state index in [0.717, 1.165) is 21.2 Å². The Morgan fingerprint density at radius 3 is 1.52 bits per heavy atom. The summed E-state index contributed by atoms with van der Waals surface area (Å²) in [5, 5.41) is 1.48. The fourth-order valence-corrected chi connectivity index (χ4v) is 2.78. The van der Waals surface area contributed by atoms with Gasteiger partial charge in [-0.3, -0.25) is 0 Å². The second kappa shape index (κ2) is 15.5. The first-order valence-corrected chi connectivity index (χ1v) is 15.2. The monoisotopic (exact) mass is 605 g/mol. The predicted molar refractivity (Wildman–Crippen MR) is 132 cm³/mol. The average molecular weight is 606 g/mol. The third-order valence-corrected chi connectivity index (χ3v) is 4.48. The molecule has 1 nitrogen and oxygen atoms in total. The minimum Gasteiger partial charge on any atom is -0.306 e. The molecule has 25 heavy (non-hydrogen) atoms. The first kappa shape index (κ1) is 25.4. The van der Waals surface area contributed by atoms with E-state index in [1.54, 1.807) is 0 Å². The van der Waals surface area contributed by atoms with Gasteiger partial charge >= 0.3 is 0 Å². The van der Waals surface area contributed by atoms with Gasteiger partial charge in [0.2, 0.25) is 0 Å². The summed E-state index contributed by atoms with van der Waals surface area (Å²) in [4.78, 5) is 2.36. The van der Waals surface area contributed by atoms with Gasteiger partial charge in [-0.25, -0.2) is 0 Å². The number of hydrogen-bond donors (Lipinski definition) is 0. The molecule has 0 bridgehead atoms. The Bertz CT molecular complexity index is 563. The zero-order valence-electron chi connectivity index (χ0n) is 15.3. The number of likely N-dealkylation sites (tertiary alicyclic amines) is 1. The molecule has 1 fully saturated rings. The molecule has 0 unspecified atom stereocenters. The molecule has 1 heterocycles. The van der Waals surface area contributed by atoms with Gasteiger partial charge in [-0.2, -0.15) is 0 Å². The average Bonchev–Trinajstić information content (AvgIpc) is 3.07. The standard InChI is InChI=1S/C8H8Cl2.C7H8.C5H11N.I2/c1-5-3-7(9)6(2)8(10)4-5;1-7-5-3-2-4-6-7;1-6-4-2-3-5-6;1-2/h3-4H,1-2H3;2-6H,1H3;2-5H2,1H3;. The molecule has 0 atom stereocenters. The third-order valence-electron chi connectivity index (χ3n) is 3.70. The Balaban J connectivity index is 0.000000340. The SMILES string of the molecule is CN1CCCC1.Cc1cc(Cl)c(C)c(Cl)c1.Cc1ccccc1.II. The third kappa shape index (κ3) is 12.5. The van der Waals surface area contributed by atoms with Crippen molar-refractivity contribution in [3.05, 3.63) is 69.2 Å². The first-order chi connectivity index (χ1) is 11.9. The lowest BCUT2D eigenvalue weighted by Crippen LogP contribution is -2.10. The summed E-state index contributed by atoms with van der Waals surface area (Å²) in [6.45, 7) is 8.60. The molecule has 2 aromatic rings. The summed E-state index contributed by atoms with van der Waals surface area (Å²) in [5.41, 5.74) is 3.37. The molecule has 0 radical (unpaired) electrons. The van der Waals surface area contributed by atoms with E-state index in [1.165, 1.54) is 31.5 Å². The van der Waals surface area contributed by atoms with Crippen LogP contribution in [-0.4, -0.2) is 25.0 Å². The van der Waals surface area contributed by atoms with Crippen molar-refractivity contribution < 1.29 is 0 Å². The van der Waals surface area contributed by atoms with Gasteiger partial charge in [0.05, 0.1) is 0 Å². The van der Waals surface area contributed by atoms with Crippen molar-refractivity contribution in [1.29, 1.82) is 0 Å². The highest BCUT2D eigenvalue weighted by Crippen LogP contribution is 2.24. The van der Waals surface area contributed by atoms with Crippen LogP contribution in [0, 0.1) is 20.8 Å². The van der Waals surface area contributed by atoms with E-state index in [-0.39, 0.29) is 0 Å². The summed E-state index contributed by atoms with van der Waals surface area (Å²) in [5.74, 6) is 0. The van der Waals surface area contributed by atoms with Crippen molar-refractivity contribution in [3.63, 3.8) is 0 Å². The Labute approximate surface area is 186 Å². The molecular weight excluding hydrogens is 579 g/mol. The van der Waals surface area contributed by atoms with Crippen LogP contribution in [0.5, 0.6) is 0 Å². The molecule has 2 aromatic carbocycles. The Morgan fingerprint density at radius 1 is 0.800 bits per heavy atom. The highest BCUT2D eigenvalue weighted by molar-refractivity contribution is 15.0. The van der Waals surface area contributed by atoms with Gasteiger partial charge in [-0.05, 0) is 77.0 Å². The molecule has 140 valence electrons. The summed E-state index contributed by atoms with van der Waals surface area (Å²) in [6, 6.07) is 14.1. The second-order valence-electron chi connectivity index (χ2n) is 6.02. The number of hydrogen-bond acceptors (Lipinski definition) is 1. The van der Waals surface area contributed by atoms with E-state index < -0.39 is 0 Å². The molecule has 0 N–H and O–H groups in total. The van der Waals surface area contributed by atoms with E-state index in [9.17, 15) is 0 Å². The van der Waals surface area contributed by atoms with Crippen LogP contribution in [0.2, 0.25) is 10.0 Å². The van der Waals surface area contributed by atoms with Crippen molar-refractivity contribution in [2.45, 2.75) is 33.6 Å². The molecule has 5 heteroatoms. The van der Waals surface area contributed by atoms with Crippen LogP contribution in [0.4, 0.5) is 0 Å². The van der Waals surface area contributed by atoms with E-state index in [1.807, 2.05) is 44.2 Å². The van der Waals surface area contributed by atoms with Gasteiger partial charge in [-0.15, -0.1) is 0 Å². The van der Waals surface area contributed by atoms with Gasteiger partial charge in [0.1, 0.15) is 0 Å². The maximum atomic E-state index is 5.83. The van der Waals surface area contributed by atoms with E-state index in [0.29, 0.717) is 0 Å². The van der Waals surface area contributed by atoms with Crippen molar-refractivity contribution in [3.8, 4) is 0 Å². The quantitative estimate of drug-likeness (QED) is 0.274. The maximum Gasteiger partial charge on any atom is 0.0452 e. The molecule has 0 saturated carbocycles. The van der Waals surface area contributed by atoms with Crippen molar-refractivity contribution in [1.82, 2.24) is 4.90 Å². The van der Waals surface area contributed by atoms with Gasteiger partial charge in [0.15, 0.2) is 0 Å². The molecule has 0 aliphatic carbocycles. The summed E-state index contributed by atoms with van der Waals surface area (Å²) < 4.78 is 0. The highest BCUT2D eigenvalue weighted by Gasteiger charge is 2.03. The zero-order valence-corrected chi connectivity index (χ0v) is 21.2. The number of nitrogens with zero attached hydrogens (tertiary/aromatic N) is 1. The smallest absolute Gasteiger partial charge is 0.0452 e. The fourth-order valence-electron chi connectivity index (χ4n) is 2.18. The summed E-state index contributed by atoms with van der Waals surface area (Å²) >= 11 is 15.9. The van der Waals surface area contributed by atoms with E-state index in [2.05, 4.69) is 68.2 Å². The minimum absolute atomic E-state index is 0.741. The summed E-state index contributed by atoms with van der Waals surface area (Å²) in [6.07, 6.45) is 2.83. The van der Waals surface area contributed by atoms with Crippen LogP contribution in [-0.2, 0) is 0 Å². The summed E-state index contributed by atoms with van der Waals surface area (Å²) in [7, 11) is 2.17. The van der Waals surface area contributed by atoms with Crippen molar-refractivity contribution in [2.75, 3.05) is 20.1 Å². The Kier molecular flexibility index (Phi) is 15.8.